The maximum absolute atomic E-state index is 12.9. The third-order valence-electron chi connectivity index (χ3n) is 3.42. The zero-order chi connectivity index (χ0) is 18.2. The summed E-state index contributed by atoms with van der Waals surface area (Å²) < 4.78 is 18.6. The zero-order valence-corrected chi connectivity index (χ0v) is 14.3. The van der Waals surface area contributed by atoms with E-state index in [1.165, 1.54) is 24.3 Å². The highest BCUT2D eigenvalue weighted by Gasteiger charge is 2.11. The van der Waals surface area contributed by atoms with E-state index in [1.54, 1.807) is 18.2 Å². The van der Waals surface area contributed by atoms with Crippen LogP contribution in [-0.2, 0) is 0 Å². The number of amides is 2. The molecule has 2 aromatic rings. The van der Waals surface area contributed by atoms with Crippen molar-refractivity contribution in [2.45, 2.75) is 20.0 Å². The number of aliphatic hydroxyl groups is 1. The van der Waals surface area contributed by atoms with E-state index in [0.29, 0.717) is 29.5 Å². The highest BCUT2D eigenvalue weighted by atomic mass is 19.1. The molecule has 5 nitrogen and oxygen atoms in total. The molecule has 0 heterocycles. The molecule has 3 N–H and O–H groups in total. The number of nitrogens with one attached hydrogen (secondary N) is 2. The minimum atomic E-state index is -0.918. The molecule has 0 fully saturated rings. The van der Waals surface area contributed by atoms with Crippen molar-refractivity contribution in [3.05, 3.63) is 59.9 Å². The summed E-state index contributed by atoms with van der Waals surface area (Å²) in [5, 5.41) is 15.3. The number of hydrogen-bond donors (Lipinski definition) is 3. The molecule has 0 spiro atoms. The van der Waals surface area contributed by atoms with E-state index in [1.807, 2.05) is 19.9 Å². The number of ether oxygens (including phenoxy) is 1. The largest absolute Gasteiger partial charge is 0.491 e. The molecule has 134 valence electrons. The lowest BCUT2D eigenvalue weighted by Crippen LogP contribution is -2.32. The fourth-order valence-electron chi connectivity index (χ4n) is 2.11. The van der Waals surface area contributed by atoms with Gasteiger partial charge in [0.2, 0.25) is 0 Å². The van der Waals surface area contributed by atoms with Gasteiger partial charge in [0.05, 0.1) is 18.4 Å². The molecule has 0 aliphatic heterocycles. The van der Waals surface area contributed by atoms with E-state index in [-0.39, 0.29) is 12.4 Å². The third-order valence-corrected chi connectivity index (χ3v) is 3.42. The second kappa shape index (κ2) is 9.03. The Hall–Kier alpha value is -2.60. The van der Waals surface area contributed by atoms with E-state index in [0.717, 1.165) is 0 Å². The van der Waals surface area contributed by atoms with Crippen LogP contribution in [0.4, 0.5) is 14.9 Å². The van der Waals surface area contributed by atoms with Crippen LogP contribution in [0.2, 0.25) is 0 Å². The van der Waals surface area contributed by atoms with Crippen LogP contribution in [0.3, 0.4) is 0 Å². The Morgan fingerprint density at radius 1 is 1.16 bits per heavy atom. The molecule has 0 aliphatic carbocycles. The van der Waals surface area contributed by atoms with Gasteiger partial charge in [-0.15, -0.1) is 0 Å². The van der Waals surface area contributed by atoms with Crippen molar-refractivity contribution in [2.24, 2.45) is 5.92 Å². The summed E-state index contributed by atoms with van der Waals surface area (Å²) in [4.78, 5) is 12.0. The second-order valence-corrected chi connectivity index (χ2v) is 6.10. The molecule has 0 aliphatic rings. The smallest absolute Gasteiger partial charge is 0.319 e. The highest BCUT2D eigenvalue weighted by molar-refractivity contribution is 5.90. The maximum atomic E-state index is 12.9. The van der Waals surface area contributed by atoms with E-state index >= 15 is 0 Å². The van der Waals surface area contributed by atoms with Crippen LogP contribution in [0.15, 0.2) is 48.5 Å². The molecule has 2 amide bonds. The third kappa shape index (κ3) is 6.08. The van der Waals surface area contributed by atoms with Crippen molar-refractivity contribution in [3.63, 3.8) is 0 Å². The fourth-order valence-corrected chi connectivity index (χ4v) is 2.11. The molecule has 1 unspecified atom stereocenters. The van der Waals surface area contributed by atoms with Crippen molar-refractivity contribution < 1.29 is 19.0 Å². The number of carbonyl (C=O) groups is 1. The van der Waals surface area contributed by atoms with Crippen molar-refractivity contribution in [3.8, 4) is 5.75 Å². The summed E-state index contributed by atoms with van der Waals surface area (Å²) in [5.74, 6) is 0.581. The van der Waals surface area contributed by atoms with Crippen molar-refractivity contribution in [2.75, 3.05) is 18.5 Å². The first-order valence-electron chi connectivity index (χ1n) is 8.16. The Bertz CT molecular complexity index is 689. The Morgan fingerprint density at radius 3 is 2.52 bits per heavy atom. The van der Waals surface area contributed by atoms with Gasteiger partial charge in [-0.1, -0.05) is 38.1 Å². The van der Waals surface area contributed by atoms with E-state index in [2.05, 4.69) is 10.6 Å². The Labute approximate surface area is 146 Å². The van der Waals surface area contributed by atoms with Crippen LogP contribution < -0.4 is 15.4 Å². The number of urea groups is 1. The fraction of sp³-hybridized carbons (Fsp3) is 0.316. The Morgan fingerprint density at radius 2 is 1.84 bits per heavy atom. The van der Waals surface area contributed by atoms with Crippen LogP contribution in [0.1, 0.15) is 25.5 Å². The van der Waals surface area contributed by atoms with Crippen LogP contribution in [0, 0.1) is 11.7 Å². The van der Waals surface area contributed by atoms with E-state index in [4.69, 9.17) is 4.74 Å². The minimum absolute atomic E-state index is 0.00643. The monoisotopic (exact) mass is 346 g/mol. The average Bonchev–Trinajstić information content (AvgIpc) is 2.59. The van der Waals surface area contributed by atoms with Crippen molar-refractivity contribution >= 4 is 11.7 Å². The Balaban J connectivity index is 1.88. The SMILES string of the molecule is CC(C)COc1ccccc1NC(=O)NCC(O)c1ccc(F)cc1. The van der Waals surface area contributed by atoms with Gasteiger partial charge in [-0.2, -0.15) is 0 Å². The molecule has 0 aromatic heterocycles. The van der Waals surface area contributed by atoms with Gasteiger partial charge < -0.3 is 20.5 Å². The first-order chi connectivity index (χ1) is 12.0. The van der Waals surface area contributed by atoms with Crippen molar-refractivity contribution in [1.82, 2.24) is 5.32 Å². The summed E-state index contributed by atoms with van der Waals surface area (Å²) >= 11 is 0. The molecule has 0 saturated carbocycles. The number of benzene rings is 2. The number of hydrogen-bond acceptors (Lipinski definition) is 3. The average molecular weight is 346 g/mol. The summed E-state index contributed by atoms with van der Waals surface area (Å²) in [5.41, 5.74) is 1.08. The standard InChI is InChI=1S/C19H23FN2O3/c1-13(2)12-25-18-6-4-3-5-16(18)22-19(24)21-11-17(23)14-7-9-15(20)10-8-14/h3-10,13,17,23H,11-12H2,1-2H3,(H2,21,22,24). The zero-order valence-electron chi connectivity index (χ0n) is 14.3. The highest BCUT2D eigenvalue weighted by Crippen LogP contribution is 2.24. The second-order valence-electron chi connectivity index (χ2n) is 6.10. The first kappa shape index (κ1) is 18.7. The minimum Gasteiger partial charge on any atom is -0.491 e. The number of anilines is 1. The van der Waals surface area contributed by atoms with Crippen LogP contribution >= 0.6 is 0 Å². The molecule has 0 radical (unpaired) electrons. The molecule has 6 heteroatoms. The predicted molar refractivity (Wildman–Crippen MR) is 95.2 cm³/mol. The van der Waals surface area contributed by atoms with Crippen LogP contribution in [-0.4, -0.2) is 24.3 Å². The van der Waals surface area contributed by atoms with Gasteiger partial charge in [0, 0.05) is 6.54 Å². The van der Waals surface area contributed by atoms with Gasteiger partial charge in [-0.3, -0.25) is 0 Å². The molecule has 2 aromatic carbocycles. The van der Waals surface area contributed by atoms with Gasteiger partial charge in [0.15, 0.2) is 0 Å². The Kier molecular flexibility index (Phi) is 6.77. The molecule has 25 heavy (non-hydrogen) atoms. The summed E-state index contributed by atoms with van der Waals surface area (Å²) in [7, 11) is 0. The molecule has 0 bridgehead atoms. The van der Waals surface area contributed by atoms with E-state index in [9.17, 15) is 14.3 Å². The quantitative estimate of drug-likeness (QED) is 0.716. The lowest BCUT2D eigenvalue weighted by molar-refractivity contribution is 0.175. The summed E-state index contributed by atoms with van der Waals surface area (Å²) in [6.07, 6.45) is -0.918. The molecular weight excluding hydrogens is 323 g/mol. The number of halogens is 1. The normalized spacial score (nSPS) is 11.9. The molecule has 1 atom stereocenters. The molecule has 2 rings (SSSR count). The summed E-state index contributed by atoms with van der Waals surface area (Å²) in [6.45, 7) is 4.63. The van der Waals surface area contributed by atoms with E-state index < -0.39 is 12.1 Å². The molecule has 0 saturated heterocycles. The lowest BCUT2D eigenvalue weighted by atomic mass is 10.1. The lowest BCUT2D eigenvalue weighted by Gasteiger charge is -2.15. The van der Waals surface area contributed by atoms with Gasteiger partial charge in [-0.05, 0) is 35.7 Å². The van der Waals surface area contributed by atoms with Gasteiger partial charge in [-0.25, -0.2) is 9.18 Å². The first-order valence-corrected chi connectivity index (χ1v) is 8.16. The van der Waals surface area contributed by atoms with Crippen LogP contribution in [0.25, 0.3) is 0 Å². The van der Waals surface area contributed by atoms with Crippen molar-refractivity contribution in [1.29, 1.82) is 0 Å². The van der Waals surface area contributed by atoms with Crippen LogP contribution in [0.5, 0.6) is 5.75 Å². The van der Waals surface area contributed by atoms with Gasteiger partial charge in [0.25, 0.3) is 0 Å². The van der Waals surface area contributed by atoms with Gasteiger partial charge >= 0.3 is 6.03 Å². The summed E-state index contributed by atoms with van der Waals surface area (Å²) in [6, 6.07) is 12.2. The number of rotatable bonds is 7. The number of carbonyl (C=O) groups excluding carboxylic acids is 1. The topological polar surface area (TPSA) is 70.6 Å². The maximum Gasteiger partial charge on any atom is 0.319 e. The predicted octanol–water partition coefficient (Wildman–Crippen LogP) is 3.72. The number of aliphatic hydroxyl groups excluding tert-OH is 1. The number of para-hydroxylation sites is 2. The molecular formula is C19H23FN2O3. The van der Waals surface area contributed by atoms with Gasteiger partial charge in [0.1, 0.15) is 11.6 Å².